The molecule has 2 atom stereocenters. The van der Waals surface area contributed by atoms with E-state index in [-0.39, 0.29) is 34.3 Å². The van der Waals surface area contributed by atoms with E-state index in [2.05, 4.69) is 5.32 Å². The van der Waals surface area contributed by atoms with E-state index in [4.69, 9.17) is 16.3 Å². The zero-order valence-electron chi connectivity index (χ0n) is 15.5. The number of hydrogen-bond donors (Lipinski definition) is 1. The van der Waals surface area contributed by atoms with E-state index in [1.165, 1.54) is 16.4 Å². The molecular formula is C18H27ClN2O4S. The molecule has 1 heterocycles. The molecule has 1 aliphatic heterocycles. The number of carbonyl (C=O) groups excluding carboxylic acids is 1. The van der Waals surface area contributed by atoms with Crippen LogP contribution in [-0.4, -0.2) is 44.4 Å². The van der Waals surface area contributed by atoms with Gasteiger partial charge < -0.3 is 10.1 Å². The highest BCUT2D eigenvalue weighted by Gasteiger charge is 2.33. The molecule has 1 aliphatic rings. The number of carbonyl (C=O) groups is 1. The van der Waals surface area contributed by atoms with Crippen molar-refractivity contribution >= 4 is 27.5 Å². The minimum Gasteiger partial charge on any atom is -0.492 e. The van der Waals surface area contributed by atoms with E-state index >= 15 is 0 Å². The Hall–Kier alpha value is -1.31. The molecule has 1 fully saturated rings. The summed E-state index contributed by atoms with van der Waals surface area (Å²) in [5.74, 6) is 0.0484. The average Bonchev–Trinajstić information content (AvgIpc) is 2.63. The number of nitrogens with one attached hydrogen (secondary N) is 1. The Bertz CT molecular complexity index is 739. The van der Waals surface area contributed by atoms with Crippen LogP contribution in [0.5, 0.6) is 5.75 Å². The van der Waals surface area contributed by atoms with E-state index in [1.807, 2.05) is 20.8 Å². The summed E-state index contributed by atoms with van der Waals surface area (Å²) in [6, 6.07) is 4.55. The zero-order chi connectivity index (χ0) is 19.3. The molecule has 146 valence electrons. The van der Waals surface area contributed by atoms with Crippen molar-refractivity contribution in [3.8, 4) is 5.75 Å². The lowest BCUT2D eigenvalue weighted by molar-refractivity contribution is -0.126. The van der Waals surface area contributed by atoms with Gasteiger partial charge >= 0.3 is 0 Å². The van der Waals surface area contributed by atoms with Crippen molar-refractivity contribution in [3.63, 3.8) is 0 Å². The van der Waals surface area contributed by atoms with Crippen LogP contribution in [0, 0.1) is 5.92 Å². The summed E-state index contributed by atoms with van der Waals surface area (Å²) in [5, 5.41) is 3.20. The van der Waals surface area contributed by atoms with Crippen molar-refractivity contribution in [1.82, 2.24) is 9.62 Å². The second-order valence-electron chi connectivity index (χ2n) is 6.55. The standard InChI is InChI=1S/C18H27ClN2O4S/c1-4-13(3)20-18(22)14-7-6-10-21(12-14)26(23,24)15-8-9-17(25-5-2)16(19)11-15/h8-9,11,13-14H,4-7,10,12H2,1-3H3,(H,20,22)/t13-,14-/m1/s1. The number of amides is 1. The lowest BCUT2D eigenvalue weighted by Gasteiger charge is -2.31. The molecule has 0 bridgehead atoms. The Morgan fingerprint density at radius 3 is 2.77 bits per heavy atom. The van der Waals surface area contributed by atoms with Gasteiger partial charge in [-0.25, -0.2) is 8.42 Å². The Labute approximate surface area is 160 Å². The minimum atomic E-state index is -3.70. The van der Waals surface area contributed by atoms with Crippen LogP contribution in [0.15, 0.2) is 23.1 Å². The number of ether oxygens (including phenoxy) is 1. The number of halogens is 1. The smallest absolute Gasteiger partial charge is 0.243 e. The van der Waals surface area contributed by atoms with Gasteiger partial charge in [0.15, 0.2) is 0 Å². The predicted octanol–water partition coefficient (Wildman–Crippen LogP) is 3.05. The van der Waals surface area contributed by atoms with Gasteiger partial charge in [-0.15, -0.1) is 0 Å². The maximum Gasteiger partial charge on any atom is 0.243 e. The van der Waals surface area contributed by atoms with Gasteiger partial charge in [0.2, 0.25) is 15.9 Å². The first-order valence-electron chi connectivity index (χ1n) is 9.02. The third kappa shape index (κ3) is 4.90. The van der Waals surface area contributed by atoms with Crippen molar-refractivity contribution in [3.05, 3.63) is 23.2 Å². The number of hydrogen-bond acceptors (Lipinski definition) is 4. The van der Waals surface area contributed by atoms with Crippen LogP contribution in [-0.2, 0) is 14.8 Å². The summed E-state index contributed by atoms with van der Waals surface area (Å²) in [4.78, 5) is 12.5. The van der Waals surface area contributed by atoms with Gasteiger partial charge in [0.1, 0.15) is 5.75 Å². The normalized spacial score (nSPS) is 19.8. The molecule has 1 N–H and O–H groups in total. The first-order chi connectivity index (χ1) is 12.3. The van der Waals surface area contributed by atoms with Crippen LogP contribution in [0.25, 0.3) is 0 Å². The lowest BCUT2D eigenvalue weighted by atomic mass is 9.98. The highest BCUT2D eigenvalue weighted by atomic mass is 35.5. The summed E-state index contributed by atoms with van der Waals surface area (Å²) < 4.78 is 32.6. The third-order valence-corrected chi connectivity index (χ3v) is 6.75. The zero-order valence-corrected chi connectivity index (χ0v) is 17.1. The first kappa shape index (κ1) is 21.0. The van der Waals surface area contributed by atoms with Gasteiger partial charge in [-0.05, 0) is 51.3 Å². The molecule has 0 aromatic heterocycles. The number of piperidine rings is 1. The van der Waals surface area contributed by atoms with Crippen LogP contribution >= 0.6 is 11.6 Å². The van der Waals surface area contributed by atoms with Crippen LogP contribution < -0.4 is 10.1 Å². The molecule has 1 aromatic rings. The molecular weight excluding hydrogens is 376 g/mol. The van der Waals surface area contributed by atoms with Crippen LogP contribution in [0.1, 0.15) is 40.0 Å². The predicted molar refractivity (Wildman–Crippen MR) is 102 cm³/mol. The highest BCUT2D eigenvalue weighted by molar-refractivity contribution is 7.89. The number of sulfonamides is 1. The molecule has 0 radical (unpaired) electrons. The molecule has 2 rings (SSSR count). The Kier molecular flexibility index (Phi) is 7.32. The summed E-state index contributed by atoms with van der Waals surface area (Å²) in [6.45, 7) is 6.81. The largest absolute Gasteiger partial charge is 0.492 e. The SMILES string of the molecule is CCOc1ccc(S(=O)(=O)N2CCC[C@@H](C(=O)N[C@H](C)CC)C2)cc1Cl. The average molecular weight is 403 g/mol. The third-order valence-electron chi connectivity index (χ3n) is 4.60. The van der Waals surface area contributed by atoms with Crippen LogP contribution in [0.2, 0.25) is 5.02 Å². The Morgan fingerprint density at radius 1 is 1.42 bits per heavy atom. The van der Waals surface area contributed by atoms with Crippen LogP contribution in [0.3, 0.4) is 0 Å². The summed E-state index contributed by atoms with van der Waals surface area (Å²) in [5.41, 5.74) is 0. The quantitative estimate of drug-likeness (QED) is 0.760. The van der Waals surface area contributed by atoms with Crippen molar-refractivity contribution in [2.45, 2.75) is 51.0 Å². The van der Waals surface area contributed by atoms with E-state index in [0.29, 0.717) is 31.7 Å². The summed E-state index contributed by atoms with van der Waals surface area (Å²) in [7, 11) is -3.70. The number of rotatable bonds is 7. The molecule has 1 aromatic carbocycles. The maximum absolute atomic E-state index is 12.9. The van der Waals surface area contributed by atoms with E-state index in [1.54, 1.807) is 6.07 Å². The second-order valence-corrected chi connectivity index (χ2v) is 8.89. The van der Waals surface area contributed by atoms with Crippen LogP contribution in [0.4, 0.5) is 0 Å². The molecule has 26 heavy (non-hydrogen) atoms. The molecule has 0 aliphatic carbocycles. The molecule has 1 amide bonds. The molecule has 8 heteroatoms. The summed E-state index contributed by atoms with van der Waals surface area (Å²) >= 11 is 6.13. The number of benzene rings is 1. The minimum absolute atomic E-state index is 0.0797. The first-order valence-corrected chi connectivity index (χ1v) is 10.8. The fourth-order valence-electron chi connectivity index (χ4n) is 2.90. The maximum atomic E-state index is 12.9. The molecule has 1 saturated heterocycles. The van der Waals surface area contributed by atoms with Gasteiger partial charge in [0, 0.05) is 19.1 Å². The highest BCUT2D eigenvalue weighted by Crippen LogP contribution is 2.30. The van der Waals surface area contributed by atoms with Gasteiger partial charge in [-0.1, -0.05) is 18.5 Å². The van der Waals surface area contributed by atoms with Crippen molar-refractivity contribution < 1.29 is 17.9 Å². The molecule has 0 unspecified atom stereocenters. The fraction of sp³-hybridized carbons (Fsp3) is 0.611. The Balaban J connectivity index is 2.15. The molecule has 0 spiro atoms. The second kappa shape index (κ2) is 9.06. The van der Waals surface area contributed by atoms with Gasteiger partial charge in [0.05, 0.1) is 22.4 Å². The summed E-state index contributed by atoms with van der Waals surface area (Å²) in [6.07, 6.45) is 2.19. The van der Waals surface area contributed by atoms with Crippen molar-refractivity contribution in [2.75, 3.05) is 19.7 Å². The van der Waals surface area contributed by atoms with Gasteiger partial charge in [-0.2, -0.15) is 4.31 Å². The molecule has 6 nitrogen and oxygen atoms in total. The monoisotopic (exact) mass is 402 g/mol. The van der Waals surface area contributed by atoms with Gasteiger partial charge in [0.25, 0.3) is 0 Å². The van der Waals surface area contributed by atoms with Crippen molar-refractivity contribution in [2.24, 2.45) is 5.92 Å². The van der Waals surface area contributed by atoms with E-state index < -0.39 is 10.0 Å². The molecule has 0 saturated carbocycles. The van der Waals surface area contributed by atoms with Crippen molar-refractivity contribution in [1.29, 1.82) is 0 Å². The van der Waals surface area contributed by atoms with Gasteiger partial charge in [-0.3, -0.25) is 4.79 Å². The topological polar surface area (TPSA) is 75.7 Å². The lowest BCUT2D eigenvalue weighted by Crippen LogP contribution is -2.46. The van der Waals surface area contributed by atoms with E-state index in [0.717, 1.165) is 6.42 Å². The Morgan fingerprint density at radius 2 is 2.15 bits per heavy atom. The number of nitrogens with zero attached hydrogens (tertiary/aromatic N) is 1. The fourth-order valence-corrected chi connectivity index (χ4v) is 4.75. The van der Waals surface area contributed by atoms with E-state index in [9.17, 15) is 13.2 Å².